The highest BCUT2D eigenvalue weighted by molar-refractivity contribution is 7.26. The molecule has 0 amide bonds. The van der Waals surface area contributed by atoms with E-state index in [1.165, 1.54) is 57.0 Å². The fraction of sp³-hybridized carbons (Fsp3) is 0. The molecule has 2 heterocycles. The molecule has 0 saturated carbocycles. The number of benzene rings is 7. The lowest BCUT2D eigenvalue weighted by molar-refractivity contribution is 1.48. The number of nitrogens with zero attached hydrogens (tertiary/aromatic N) is 1. The SMILES string of the molecule is N#Cc1cccc(-c2c(-c3ccc4sc5ccccc5c4c3)ccc(-c3ccc4sc5ccccc5c4c3)c2-c2ccccc2)c1. The van der Waals surface area contributed by atoms with Crippen molar-refractivity contribution in [3.8, 4) is 50.6 Å². The van der Waals surface area contributed by atoms with E-state index in [2.05, 4.69) is 140 Å². The molecule has 0 spiro atoms. The van der Waals surface area contributed by atoms with E-state index in [9.17, 15) is 5.26 Å². The summed E-state index contributed by atoms with van der Waals surface area (Å²) in [6, 6.07) is 56.8. The van der Waals surface area contributed by atoms with Crippen molar-refractivity contribution in [2.45, 2.75) is 0 Å². The molecule has 0 N–H and O–H groups in total. The largest absolute Gasteiger partial charge is 0.192 e. The Morgan fingerprint density at radius 1 is 0.370 bits per heavy atom. The maximum atomic E-state index is 9.93. The highest BCUT2D eigenvalue weighted by Gasteiger charge is 2.21. The number of rotatable bonds is 4. The number of hydrogen-bond acceptors (Lipinski definition) is 3. The van der Waals surface area contributed by atoms with Gasteiger partial charge >= 0.3 is 0 Å². The van der Waals surface area contributed by atoms with Gasteiger partial charge in [-0.15, -0.1) is 22.7 Å². The molecule has 3 heteroatoms. The quantitative estimate of drug-likeness (QED) is 0.192. The summed E-state index contributed by atoms with van der Waals surface area (Å²) in [5, 5.41) is 15.1. The minimum absolute atomic E-state index is 0.651. The van der Waals surface area contributed by atoms with Gasteiger partial charge in [0.05, 0.1) is 11.6 Å². The van der Waals surface area contributed by atoms with Crippen molar-refractivity contribution in [1.29, 1.82) is 5.26 Å². The smallest absolute Gasteiger partial charge is 0.0991 e. The van der Waals surface area contributed by atoms with Crippen LogP contribution >= 0.6 is 22.7 Å². The van der Waals surface area contributed by atoms with E-state index in [-0.39, 0.29) is 0 Å². The van der Waals surface area contributed by atoms with Crippen molar-refractivity contribution in [2.24, 2.45) is 0 Å². The fourth-order valence-electron chi connectivity index (χ4n) is 6.82. The molecular formula is C43H25NS2. The molecule has 0 aliphatic rings. The molecule has 0 bridgehead atoms. The van der Waals surface area contributed by atoms with Crippen molar-refractivity contribution < 1.29 is 0 Å². The molecule has 2 aromatic heterocycles. The molecule has 9 aromatic rings. The number of thiophene rings is 2. The van der Waals surface area contributed by atoms with Crippen LogP contribution in [0.1, 0.15) is 5.56 Å². The predicted octanol–water partition coefficient (Wildman–Crippen LogP) is 13.0. The minimum atomic E-state index is 0.651. The van der Waals surface area contributed by atoms with Crippen molar-refractivity contribution >= 4 is 63.0 Å². The number of hydrogen-bond donors (Lipinski definition) is 0. The van der Waals surface area contributed by atoms with Gasteiger partial charge in [0.2, 0.25) is 0 Å². The van der Waals surface area contributed by atoms with Crippen LogP contribution < -0.4 is 0 Å². The van der Waals surface area contributed by atoms with Gasteiger partial charge in [-0.1, -0.05) is 103 Å². The first kappa shape index (κ1) is 26.8. The van der Waals surface area contributed by atoms with Gasteiger partial charge in [0.15, 0.2) is 0 Å². The third-order valence-electron chi connectivity index (χ3n) is 8.92. The van der Waals surface area contributed by atoms with Gasteiger partial charge in [0, 0.05) is 40.3 Å². The van der Waals surface area contributed by atoms with E-state index >= 15 is 0 Å². The van der Waals surface area contributed by atoms with Crippen LogP contribution in [0.3, 0.4) is 0 Å². The van der Waals surface area contributed by atoms with Crippen LogP contribution in [0.5, 0.6) is 0 Å². The first-order chi connectivity index (χ1) is 22.7. The van der Waals surface area contributed by atoms with Gasteiger partial charge in [-0.05, 0) is 93.0 Å². The second-order valence-electron chi connectivity index (χ2n) is 11.6. The fourth-order valence-corrected chi connectivity index (χ4v) is 8.99. The van der Waals surface area contributed by atoms with E-state index in [4.69, 9.17) is 0 Å². The molecule has 0 saturated heterocycles. The molecule has 9 rings (SSSR count). The number of nitriles is 1. The average molecular weight is 620 g/mol. The zero-order chi connectivity index (χ0) is 30.6. The molecule has 0 atom stereocenters. The maximum absolute atomic E-state index is 9.93. The molecule has 0 unspecified atom stereocenters. The van der Waals surface area contributed by atoms with E-state index in [0.29, 0.717) is 5.56 Å². The summed E-state index contributed by atoms with van der Waals surface area (Å²) in [4.78, 5) is 0. The lowest BCUT2D eigenvalue weighted by Crippen LogP contribution is -1.95. The second-order valence-corrected chi connectivity index (χ2v) is 13.8. The van der Waals surface area contributed by atoms with Crippen molar-refractivity contribution in [3.05, 3.63) is 157 Å². The second kappa shape index (κ2) is 10.8. The Labute approximate surface area is 274 Å². The maximum Gasteiger partial charge on any atom is 0.0991 e. The molecule has 0 radical (unpaired) electrons. The van der Waals surface area contributed by atoms with Gasteiger partial charge < -0.3 is 0 Å². The van der Waals surface area contributed by atoms with E-state index < -0.39 is 0 Å². The topological polar surface area (TPSA) is 23.8 Å². The van der Waals surface area contributed by atoms with Crippen LogP contribution in [0.2, 0.25) is 0 Å². The van der Waals surface area contributed by atoms with Crippen LogP contribution in [0.15, 0.2) is 152 Å². The lowest BCUT2D eigenvalue weighted by Gasteiger charge is -2.21. The highest BCUT2D eigenvalue weighted by atomic mass is 32.1. The van der Waals surface area contributed by atoms with Crippen molar-refractivity contribution in [1.82, 2.24) is 0 Å². The molecule has 214 valence electrons. The monoisotopic (exact) mass is 619 g/mol. The normalized spacial score (nSPS) is 11.5. The molecule has 0 aliphatic carbocycles. The summed E-state index contributed by atoms with van der Waals surface area (Å²) in [6.07, 6.45) is 0. The molecule has 1 nitrogen and oxygen atoms in total. The summed E-state index contributed by atoms with van der Waals surface area (Å²) >= 11 is 3.68. The summed E-state index contributed by atoms with van der Waals surface area (Å²) in [7, 11) is 0. The molecule has 7 aromatic carbocycles. The molecule has 0 aliphatic heterocycles. The summed E-state index contributed by atoms with van der Waals surface area (Å²) in [6.45, 7) is 0. The lowest BCUT2D eigenvalue weighted by atomic mass is 9.82. The van der Waals surface area contributed by atoms with Crippen LogP contribution in [-0.4, -0.2) is 0 Å². The zero-order valence-electron chi connectivity index (χ0n) is 24.7. The molecular weight excluding hydrogens is 595 g/mol. The Balaban J connectivity index is 1.38. The van der Waals surface area contributed by atoms with Crippen molar-refractivity contribution in [3.63, 3.8) is 0 Å². The third-order valence-corrected chi connectivity index (χ3v) is 11.2. The minimum Gasteiger partial charge on any atom is -0.192 e. The predicted molar refractivity (Wildman–Crippen MR) is 199 cm³/mol. The van der Waals surface area contributed by atoms with Gasteiger partial charge in [-0.3, -0.25) is 0 Å². The van der Waals surface area contributed by atoms with Gasteiger partial charge in [0.1, 0.15) is 0 Å². The molecule has 46 heavy (non-hydrogen) atoms. The molecule has 0 fully saturated rings. The van der Waals surface area contributed by atoms with E-state index in [1.54, 1.807) is 0 Å². The third kappa shape index (κ3) is 4.35. The average Bonchev–Trinajstić information content (AvgIpc) is 3.69. The zero-order valence-corrected chi connectivity index (χ0v) is 26.3. The first-order valence-corrected chi connectivity index (χ1v) is 16.9. The van der Waals surface area contributed by atoms with Crippen LogP contribution in [0.25, 0.3) is 84.9 Å². The van der Waals surface area contributed by atoms with Gasteiger partial charge in [0.25, 0.3) is 0 Å². The summed E-state index contributed by atoms with van der Waals surface area (Å²) in [5.74, 6) is 0. The Kier molecular flexibility index (Phi) is 6.31. The van der Waals surface area contributed by atoms with E-state index in [0.717, 1.165) is 27.8 Å². The number of fused-ring (bicyclic) bond motifs is 6. The van der Waals surface area contributed by atoms with Crippen molar-refractivity contribution in [2.75, 3.05) is 0 Å². The van der Waals surface area contributed by atoms with Gasteiger partial charge in [-0.2, -0.15) is 5.26 Å². The summed E-state index contributed by atoms with van der Waals surface area (Å²) in [5.41, 5.74) is 9.80. The van der Waals surface area contributed by atoms with E-state index in [1.807, 2.05) is 40.9 Å². The van der Waals surface area contributed by atoms with Crippen LogP contribution in [-0.2, 0) is 0 Å². The highest BCUT2D eigenvalue weighted by Crippen LogP contribution is 2.48. The standard InChI is InChI=1S/C43H25NS2/c44-26-27-9-8-12-31(23-27)43-33(30-18-22-41-37(25-30)35-14-5-7-16-39(35)46-41)20-19-32(42(43)28-10-2-1-3-11-28)29-17-21-40-36(24-29)34-13-4-6-15-38(34)45-40/h1-25H. The Morgan fingerprint density at radius 2 is 0.870 bits per heavy atom. The Hall–Kier alpha value is -5.53. The first-order valence-electron chi connectivity index (χ1n) is 15.3. The van der Waals surface area contributed by atoms with Gasteiger partial charge in [-0.25, -0.2) is 0 Å². The Bertz CT molecular complexity index is 2650. The van der Waals surface area contributed by atoms with Crippen LogP contribution in [0, 0.1) is 11.3 Å². The summed E-state index contributed by atoms with van der Waals surface area (Å²) < 4.78 is 5.18. The Morgan fingerprint density at radius 3 is 1.46 bits per heavy atom. The van der Waals surface area contributed by atoms with Crippen LogP contribution in [0.4, 0.5) is 0 Å².